The topological polar surface area (TPSA) is 65.2 Å². The van der Waals surface area contributed by atoms with Gasteiger partial charge >= 0.3 is 5.97 Å². The summed E-state index contributed by atoms with van der Waals surface area (Å²) in [5.74, 6) is -0.524. The lowest BCUT2D eigenvalue weighted by Gasteiger charge is -2.08. The number of esters is 1. The van der Waals surface area contributed by atoms with Crippen LogP contribution in [0.5, 0.6) is 0 Å². The van der Waals surface area contributed by atoms with Gasteiger partial charge in [0.25, 0.3) is 0 Å². The molecule has 0 aliphatic heterocycles. The van der Waals surface area contributed by atoms with Crippen molar-refractivity contribution >= 4 is 11.7 Å². The Morgan fingerprint density at radius 3 is 2.47 bits per heavy atom. The standard InChI is InChI=1S/C15H16N2O2/c1-9-4-5-11(6-10(9)2)12-7-13(16)14(17-8-12)15(18)19-3/h4-8H,16H2,1-3H3. The van der Waals surface area contributed by atoms with Crippen LogP contribution >= 0.6 is 0 Å². The molecule has 0 spiro atoms. The molecule has 0 fully saturated rings. The number of hydrogen-bond acceptors (Lipinski definition) is 4. The second kappa shape index (κ2) is 5.10. The van der Waals surface area contributed by atoms with E-state index in [9.17, 15) is 4.79 Å². The lowest BCUT2D eigenvalue weighted by molar-refractivity contribution is 0.0595. The van der Waals surface area contributed by atoms with Gasteiger partial charge in [-0.3, -0.25) is 0 Å². The number of ether oxygens (including phenoxy) is 1. The van der Waals surface area contributed by atoms with Gasteiger partial charge < -0.3 is 10.5 Å². The predicted octanol–water partition coefficient (Wildman–Crippen LogP) is 2.73. The molecule has 1 heterocycles. The van der Waals surface area contributed by atoms with Crippen molar-refractivity contribution in [2.75, 3.05) is 12.8 Å². The molecule has 4 nitrogen and oxygen atoms in total. The Morgan fingerprint density at radius 1 is 1.16 bits per heavy atom. The van der Waals surface area contributed by atoms with Gasteiger partial charge in [-0.2, -0.15) is 0 Å². The summed E-state index contributed by atoms with van der Waals surface area (Å²) in [5.41, 5.74) is 10.7. The first-order chi connectivity index (χ1) is 9.02. The number of aromatic nitrogens is 1. The molecule has 98 valence electrons. The average Bonchev–Trinajstić information content (AvgIpc) is 2.41. The van der Waals surface area contributed by atoms with E-state index in [1.54, 1.807) is 12.3 Å². The second-order valence-corrected chi connectivity index (χ2v) is 4.45. The van der Waals surface area contributed by atoms with Crippen molar-refractivity contribution in [2.24, 2.45) is 0 Å². The number of aryl methyl sites for hydroxylation is 2. The van der Waals surface area contributed by atoms with Crippen molar-refractivity contribution in [3.05, 3.63) is 47.3 Å². The molecule has 0 atom stereocenters. The zero-order valence-electron chi connectivity index (χ0n) is 11.2. The van der Waals surface area contributed by atoms with Gasteiger partial charge in [-0.1, -0.05) is 18.2 Å². The molecule has 19 heavy (non-hydrogen) atoms. The van der Waals surface area contributed by atoms with E-state index in [1.165, 1.54) is 18.2 Å². The van der Waals surface area contributed by atoms with Crippen LogP contribution in [0.3, 0.4) is 0 Å². The summed E-state index contributed by atoms with van der Waals surface area (Å²) in [4.78, 5) is 15.5. The van der Waals surface area contributed by atoms with Crippen LogP contribution in [0.2, 0.25) is 0 Å². The molecule has 0 unspecified atom stereocenters. The molecule has 0 radical (unpaired) electrons. The van der Waals surface area contributed by atoms with E-state index >= 15 is 0 Å². The molecule has 0 amide bonds. The van der Waals surface area contributed by atoms with E-state index in [2.05, 4.69) is 35.7 Å². The number of nitrogen functional groups attached to an aromatic ring is 1. The number of rotatable bonds is 2. The van der Waals surface area contributed by atoms with Gasteiger partial charge in [-0.25, -0.2) is 9.78 Å². The van der Waals surface area contributed by atoms with Gasteiger partial charge in [0.1, 0.15) is 0 Å². The molecular weight excluding hydrogens is 240 g/mol. The number of nitrogens with zero attached hydrogens (tertiary/aromatic N) is 1. The van der Waals surface area contributed by atoms with E-state index in [-0.39, 0.29) is 5.69 Å². The Labute approximate surface area is 112 Å². The summed E-state index contributed by atoms with van der Waals surface area (Å²) in [6.07, 6.45) is 1.63. The molecular formula is C15H16N2O2. The van der Waals surface area contributed by atoms with Crippen LogP contribution in [0.4, 0.5) is 5.69 Å². The van der Waals surface area contributed by atoms with E-state index in [1.807, 2.05) is 6.07 Å². The minimum Gasteiger partial charge on any atom is -0.464 e. The summed E-state index contributed by atoms with van der Waals surface area (Å²) >= 11 is 0. The molecule has 0 saturated heterocycles. The number of carbonyl (C=O) groups is 1. The summed E-state index contributed by atoms with van der Waals surface area (Å²) in [5, 5.41) is 0. The first-order valence-electron chi connectivity index (χ1n) is 5.94. The number of hydrogen-bond donors (Lipinski definition) is 1. The first kappa shape index (κ1) is 13.1. The Balaban J connectivity index is 2.44. The fraction of sp³-hybridized carbons (Fsp3) is 0.200. The predicted molar refractivity (Wildman–Crippen MR) is 74.9 cm³/mol. The maximum Gasteiger partial charge on any atom is 0.358 e. The number of anilines is 1. The zero-order chi connectivity index (χ0) is 14.0. The number of nitrogens with two attached hydrogens (primary N) is 1. The van der Waals surface area contributed by atoms with Gasteiger partial charge in [0.2, 0.25) is 0 Å². The van der Waals surface area contributed by atoms with Crippen molar-refractivity contribution in [1.29, 1.82) is 0 Å². The molecule has 2 rings (SSSR count). The largest absolute Gasteiger partial charge is 0.464 e. The lowest BCUT2D eigenvalue weighted by Crippen LogP contribution is -2.08. The molecule has 2 aromatic rings. The highest BCUT2D eigenvalue weighted by Crippen LogP contribution is 2.24. The van der Waals surface area contributed by atoms with Gasteiger partial charge in [-0.05, 0) is 36.6 Å². The summed E-state index contributed by atoms with van der Waals surface area (Å²) < 4.78 is 4.62. The normalized spacial score (nSPS) is 10.3. The third-order valence-corrected chi connectivity index (χ3v) is 3.14. The Kier molecular flexibility index (Phi) is 3.51. The summed E-state index contributed by atoms with van der Waals surface area (Å²) in [6, 6.07) is 7.87. The van der Waals surface area contributed by atoms with Gasteiger partial charge in [-0.15, -0.1) is 0 Å². The fourth-order valence-corrected chi connectivity index (χ4v) is 1.83. The monoisotopic (exact) mass is 256 g/mol. The van der Waals surface area contributed by atoms with Crippen molar-refractivity contribution in [1.82, 2.24) is 4.98 Å². The van der Waals surface area contributed by atoms with E-state index in [0.29, 0.717) is 5.69 Å². The minimum absolute atomic E-state index is 0.148. The Hall–Kier alpha value is -2.36. The molecule has 0 aliphatic carbocycles. The van der Waals surface area contributed by atoms with Crippen molar-refractivity contribution in [3.8, 4) is 11.1 Å². The number of benzene rings is 1. The van der Waals surface area contributed by atoms with Crippen LogP contribution < -0.4 is 5.73 Å². The van der Waals surface area contributed by atoms with Crippen LogP contribution in [-0.2, 0) is 4.74 Å². The molecule has 1 aromatic carbocycles. The molecule has 4 heteroatoms. The maximum atomic E-state index is 11.4. The summed E-state index contributed by atoms with van der Waals surface area (Å²) in [6.45, 7) is 4.12. The first-order valence-corrected chi connectivity index (χ1v) is 5.94. The van der Waals surface area contributed by atoms with Gasteiger partial charge in [0.05, 0.1) is 12.8 Å². The summed E-state index contributed by atoms with van der Waals surface area (Å²) in [7, 11) is 1.31. The lowest BCUT2D eigenvalue weighted by atomic mass is 10.0. The Bertz CT molecular complexity index is 636. The van der Waals surface area contributed by atoms with Crippen molar-refractivity contribution < 1.29 is 9.53 Å². The average molecular weight is 256 g/mol. The Morgan fingerprint density at radius 2 is 1.89 bits per heavy atom. The van der Waals surface area contributed by atoms with E-state index in [4.69, 9.17) is 5.73 Å². The maximum absolute atomic E-state index is 11.4. The number of pyridine rings is 1. The SMILES string of the molecule is COC(=O)c1ncc(-c2ccc(C)c(C)c2)cc1N. The van der Waals surface area contributed by atoms with Crippen LogP contribution in [0.25, 0.3) is 11.1 Å². The van der Waals surface area contributed by atoms with Crippen LogP contribution in [0.1, 0.15) is 21.6 Å². The smallest absolute Gasteiger partial charge is 0.358 e. The highest BCUT2D eigenvalue weighted by Gasteiger charge is 2.12. The van der Waals surface area contributed by atoms with Crippen molar-refractivity contribution in [3.63, 3.8) is 0 Å². The quantitative estimate of drug-likeness (QED) is 0.839. The highest BCUT2D eigenvalue weighted by atomic mass is 16.5. The van der Waals surface area contributed by atoms with Crippen LogP contribution in [0, 0.1) is 13.8 Å². The van der Waals surface area contributed by atoms with Crippen LogP contribution in [0.15, 0.2) is 30.5 Å². The molecule has 0 aliphatic rings. The highest BCUT2D eigenvalue weighted by molar-refractivity contribution is 5.93. The number of methoxy groups -OCH3 is 1. The third-order valence-electron chi connectivity index (χ3n) is 3.14. The van der Waals surface area contributed by atoms with Crippen LogP contribution in [-0.4, -0.2) is 18.1 Å². The zero-order valence-corrected chi connectivity index (χ0v) is 11.2. The number of carbonyl (C=O) groups excluding carboxylic acids is 1. The minimum atomic E-state index is -0.524. The third kappa shape index (κ3) is 2.57. The van der Waals surface area contributed by atoms with Gasteiger partial charge in [0.15, 0.2) is 5.69 Å². The molecule has 2 N–H and O–H groups in total. The molecule has 0 saturated carbocycles. The molecule has 1 aromatic heterocycles. The van der Waals surface area contributed by atoms with Crippen molar-refractivity contribution in [2.45, 2.75) is 13.8 Å². The fourth-order valence-electron chi connectivity index (χ4n) is 1.83. The van der Waals surface area contributed by atoms with Gasteiger partial charge in [0, 0.05) is 11.8 Å². The second-order valence-electron chi connectivity index (χ2n) is 4.45. The van der Waals surface area contributed by atoms with E-state index in [0.717, 1.165) is 11.1 Å². The van der Waals surface area contributed by atoms with E-state index < -0.39 is 5.97 Å². The molecule has 0 bridgehead atoms.